The smallest absolute Gasteiger partial charge is 0.251 e. The SMILES string of the molecule is O=C(Cc1cccc2ccccc12)N[C@@H](CO)C(=O)Nc1nccs1. The molecule has 0 saturated heterocycles. The van der Waals surface area contributed by atoms with Crippen molar-refractivity contribution in [3.63, 3.8) is 0 Å². The van der Waals surface area contributed by atoms with Gasteiger partial charge in [-0.05, 0) is 16.3 Å². The van der Waals surface area contributed by atoms with Crippen molar-refractivity contribution in [3.05, 3.63) is 59.6 Å². The van der Waals surface area contributed by atoms with E-state index in [4.69, 9.17) is 0 Å². The Bertz CT molecular complexity index is 875. The summed E-state index contributed by atoms with van der Waals surface area (Å²) >= 11 is 1.26. The molecular weight excluding hydrogens is 338 g/mol. The highest BCUT2D eigenvalue weighted by Crippen LogP contribution is 2.19. The highest BCUT2D eigenvalue weighted by Gasteiger charge is 2.21. The summed E-state index contributed by atoms with van der Waals surface area (Å²) in [5.74, 6) is -0.826. The van der Waals surface area contributed by atoms with Crippen molar-refractivity contribution < 1.29 is 14.7 Å². The Morgan fingerprint density at radius 3 is 2.72 bits per heavy atom. The van der Waals surface area contributed by atoms with Crippen LogP contribution in [0, 0.1) is 0 Å². The van der Waals surface area contributed by atoms with Crippen molar-refractivity contribution in [1.29, 1.82) is 0 Å². The van der Waals surface area contributed by atoms with Crippen LogP contribution < -0.4 is 10.6 Å². The van der Waals surface area contributed by atoms with Crippen molar-refractivity contribution in [2.45, 2.75) is 12.5 Å². The number of fused-ring (bicyclic) bond motifs is 1. The van der Waals surface area contributed by atoms with Gasteiger partial charge in [0, 0.05) is 11.6 Å². The van der Waals surface area contributed by atoms with E-state index in [1.54, 1.807) is 11.6 Å². The molecule has 0 spiro atoms. The third-order valence-electron chi connectivity index (χ3n) is 3.73. The summed E-state index contributed by atoms with van der Waals surface area (Å²) < 4.78 is 0. The first kappa shape index (κ1) is 17.1. The van der Waals surface area contributed by atoms with Gasteiger partial charge in [0.1, 0.15) is 6.04 Å². The quantitative estimate of drug-likeness (QED) is 0.630. The first-order chi connectivity index (χ1) is 12.2. The lowest BCUT2D eigenvalue weighted by Gasteiger charge is -2.15. The van der Waals surface area contributed by atoms with Crippen molar-refractivity contribution in [1.82, 2.24) is 10.3 Å². The topological polar surface area (TPSA) is 91.3 Å². The van der Waals surface area contributed by atoms with E-state index in [1.807, 2.05) is 42.5 Å². The van der Waals surface area contributed by atoms with Gasteiger partial charge in [-0.3, -0.25) is 9.59 Å². The largest absolute Gasteiger partial charge is 0.394 e. The zero-order valence-corrected chi connectivity index (χ0v) is 14.1. The maximum absolute atomic E-state index is 12.3. The van der Waals surface area contributed by atoms with Gasteiger partial charge in [-0.25, -0.2) is 4.98 Å². The number of rotatable bonds is 6. The maximum Gasteiger partial charge on any atom is 0.251 e. The Balaban J connectivity index is 1.66. The van der Waals surface area contributed by atoms with Crippen LogP contribution in [0.5, 0.6) is 0 Å². The number of aliphatic hydroxyl groups excluding tert-OH is 1. The van der Waals surface area contributed by atoms with Gasteiger partial charge < -0.3 is 15.7 Å². The summed E-state index contributed by atoms with van der Waals surface area (Å²) in [7, 11) is 0. The summed E-state index contributed by atoms with van der Waals surface area (Å²) in [6.45, 7) is -0.488. The summed E-state index contributed by atoms with van der Waals surface area (Å²) in [5.41, 5.74) is 0.868. The van der Waals surface area contributed by atoms with Gasteiger partial charge in [-0.1, -0.05) is 42.5 Å². The fraction of sp³-hybridized carbons (Fsp3) is 0.167. The number of aromatic nitrogens is 1. The molecule has 0 fully saturated rings. The minimum Gasteiger partial charge on any atom is -0.394 e. The van der Waals surface area contributed by atoms with E-state index in [1.165, 1.54) is 11.3 Å². The van der Waals surface area contributed by atoms with Crippen molar-refractivity contribution >= 4 is 39.1 Å². The maximum atomic E-state index is 12.3. The first-order valence-corrected chi connectivity index (χ1v) is 8.62. The molecule has 0 aliphatic rings. The lowest BCUT2D eigenvalue weighted by Crippen LogP contribution is -2.46. The molecule has 7 heteroatoms. The van der Waals surface area contributed by atoms with Gasteiger partial charge in [0.25, 0.3) is 5.91 Å². The minimum atomic E-state index is -1.02. The lowest BCUT2D eigenvalue weighted by atomic mass is 10.0. The normalized spacial score (nSPS) is 11.9. The second kappa shape index (κ2) is 7.87. The number of hydrogen-bond acceptors (Lipinski definition) is 5. The molecule has 3 aromatic rings. The Morgan fingerprint density at radius 2 is 1.96 bits per heavy atom. The summed E-state index contributed by atoms with van der Waals surface area (Å²) in [5, 5.41) is 18.7. The number of nitrogens with one attached hydrogen (secondary N) is 2. The number of benzene rings is 2. The molecule has 0 aliphatic heterocycles. The number of aliphatic hydroxyl groups is 1. The van der Waals surface area contributed by atoms with Crippen LogP contribution >= 0.6 is 11.3 Å². The van der Waals surface area contributed by atoms with Crippen LogP contribution in [-0.4, -0.2) is 34.6 Å². The molecule has 0 aliphatic carbocycles. The molecule has 6 nitrogen and oxygen atoms in total. The number of amides is 2. The Kier molecular flexibility index (Phi) is 5.37. The molecule has 1 aromatic heterocycles. The standard InChI is InChI=1S/C18H17N3O3S/c22-11-15(17(24)21-18-19-8-9-25-18)20-16(23)10-13-6-3-5-12-4-1-2-7-14(12)13/h1-9,15,22H,10-11H2,(H,20,23)(H,19,21,24)/t15-/m0/s1. The van der Waals surface area contributed by atoms with E-state index in [2.05, 4.69) is 15.6 Å². The molecule has 0 radical (unpaired) electrons. The van der Waals surface area contributed by atoms with Crippen molar-refractivity contribution in [2.75, 3.05) is 11.9 Å². The van der Waals surface area contributed by atoms with Gasteiger partial charge in [0.05, 0.1) is 13.0 Å². The molecule has 0 bridgehead atoms. The summed E-state index contributed by atoms with van der Waals surface area (Å²) in [6.07, 6.45) is 1.69. The molecule has 1 heterocycles. The van der Waals surface area contributed by atoms with E-state index in [0.717, 1.165) is 16.3 Å². The zero-order chi connectivity index (χ0) is 17.6. The van der Waals surface area contributed by atoms with Crippen LogP contribution in [0.1, 0.15) is 5.56 Å². The summed E-state index contributed by atoms with van der Waals surface area (Å²) in [4.78, 5) is 28.4. The minimum absolute atomic E-state index is 0.127. The molecule has 2 amide bonds. The Hall–Kier alpha value is -2.77. The number of thiazole rings is 1. The zero-order valence-electron chi connectivity index (χ0n) is 13.3. The van der Waals surface area contributed by atoms with Gasteiger partial charge in [-0.2, -0.15) is 0 Å². The van der Waals surface area contributed by atoms with Gasteiger partial charge >= 0.3 is 0 Å². The number of carbonyl (C=O) groups is 2. The van der Waals surface area contributed by atoms with E-state index >= 15 is 0 Å². The molecule has 2 aromatic carbocycles. The van der Waals surface area contributed by atoms with Gasteiger partial charge in [0.15, 0.2) is 5.13 Å². The monoisotopic (exact) mass is 355 g/mol. The average molecular weight is 355 g/mol. The third-order valence-corrected chi connectivity index (χ3v) is 4.42. The Labute approximate surface area is 148 Å². The summed E-state index contributed by atoms with van der Waals surface area (Å²) in [6, 6.07) is 12.5. The Morgan fingerprint density at radius 1 is 1.16 bits per heavy atom. The fourth-order valence-electron chi connectivity index (χ4n) is 2.54. The number of nitrogens with zero attached hydrogens (tertiary/aromatic N) is 1. The predicted molar refractivity (Wildman–Crippen MR) is 97.4 cm³/mol. The third kappa shape index (κ3) is 4.20. The van der Waals surface area contributed by atoms with Gasteiger partial charge in [-0.15, -0.1) is 11.3 Å². The molecule has 25 heavy (non-hydrogen) atoms. The molecular formula is C18H17N3O3S. The van der Waals surface area contributed by atoms with Crippen LogP contribution in [0.2, 0.25) is 0 Å². The molecule has 128 valence electrons. The average Bonchev–Trinajstić information content (AvgIpc) is 3.13. The second-order valence-electron chi connectivity index (χ2n) is 5.44. The van der Waals surface area contributed by atoms with E-state index in [-0.39, 0.29) is 12.3 Å². The highest BCUT2D eigenvalue weighted by atomic mass is 32.1. The highest BCUT2D eigenvalue weighted by molar-refractivity contribution is 7.13. The van der Waals surface area contributed by atoms with E-state index in [0.29, 0.717) is 5.13 Å². The number of anilines is 1. The van der Waals surface area contributed by atoms with E-state index in [9.17, 15) is 14.7 Å². The molecule has 0 unspecified atom stereocenters. The van der Waals surface area contributed by atoms with Crippen LogP contribution in [0.25, 0.3) is 10.8 Å². The molecule has 0 saturated carbocycles. The van der Waals surface area contributed by atoms with Crippen LogP contribution in [0.15, 0.2) is 54.0 Å². The van der Waals surface area contributed by atoms with E-state index < -0.39 is 18.6 Å². The number of carbonyl (C=O) groups excluding carboxylic acids is 2. The fourth-order valence-corrected chi connectivity index (χ4v) is 3.07. The molecule has 1 atom stereocenters. The van der Waals surface area contributed by atoms with Crippen LogP contribution in [-0.2, 0) is 16.0 Å². The second-order valence-corrected chi connectivity index (χ2v) is 6.34. The van der Waals surface area contributed by atoms with Crippen LogP contribution in [0.3, 0.4) is 0 Å². The predicted octanol–water partition coefficient (Wildman–Crippen LogP) is 1.95. The van der Waals surface area contributed by atoms with Crippen molar-refractivity contribution in [2.24, 2.45) is 0 Å². The number of hydrogen-bond donors (Lipinski definition) is 3. The van der Waals surface area contributed by atoms with Gasteiger partial charge in [0.2, 0.25) is 5.91 Å². The van der Waals surface area contributed by atoms with Crippen LogP contribution in [0.4, 0.5) is 5.13 Å². The first-order valence-electron chi connectivity index (χ1n) is 7.74. The van der Waals surface area contributed by atoms with Crippen molar-refractivity contribution in [3.8, 4) is 0 Å². The molecule has 3 N–H and O–H groups in total. The lowest BCUT2D eigenvalue weighted by molar-refractivity contribution is -0.126. The molecule has 3 rings (SSSR count).